The third-order valence-electron chi connectivity index (χ3n) is 7.28. The highest BCUT2D eigenvalue weighted by molar-refractivity contribution is 5.88. The van der Waals surface area contributed by atoms with Crippen molar-refractivity contribution < 1.29 is 20.1 Å². The first-order valence-electron chi connectivity index (χ1n) is 11.1. The fourth-order valence-corrected chi connectivity index (χ4v) is 5.76. The highest BCUT2D eigenvalue weighted by Crippen LogP contribution is 2.50. The number of carboxylic acid groups (broad SMARTS) is 1. The molecular formula is C25H32O4. The predicted octanol–water partition coefficient (Wildman–Crippen LogP) is 4.67. The highest BCUT2D eigenvalue weighted by atomic mass is 16.4. The largest absolute Gasteiger partial charge is 0.478 e. The maximum atomic E-state index is 11.2. The van der Waals surface area contributed by atoms with Crippen molar-refractivity contribution in [1.82, 2.24) is 0 Å². The second kappa shape index (κ2) is 8.85. The highest BCUT2D eigenvalue weighted by Gasteiger charge is 2.45. The number of hydrogen-bond donors (Lipinski definition) is 3. The molecule has 3 aliphatic rings. The van der Waals surface area contributed by atoms with E-state index in [-0.39, 0.29) is 12.0 Å². The molecule has 29 heavy (non-hydrogen) atoms. The summed E-state index contributed by atoms with van der Waals surface area (Å²) in [4.78, 5) is 11.2. The minimum absolute atomic E-state index is 0.106. The number of hydrogen-bond acceptors (Lipinski definition) is 3. The predicted molar refractivity (Wildman–Crippen MR) is 113 cm³/mol. The summed E-state index contributed by atoms with van der Waals surface area (Å²) in [7, 11) is 0. The Kier molecular flexibility index (Phi) is 6.21. The van der Waals surface area contributed by atoms with Crippen LogP contribution < -0.4 is 0 Å². The zero-order valence-corrected chi connectivity index (χ0v) is 16.9. The summed E-state index contributed by atoms with van der Waals surface area (Å²) >= 11 is 0. The number of aliphatic hydroxyl groups excluding tert-OH is 2. The molecule has 0 aromatic heterocycles. The van der Waals surface area contributed by atoms with Crippen molar-refractivity contribution in [3.63, 3.8) is 0 Å². The molecule has 5 atom stereocenters. The maximum absolute atomic E-state index is 11.2. The molecule has 4 nitrogen and oxygen atoms in total. The molecule has 1 aromatic rings. The average Bonchev–Trinajstić information content (AvgIpc) is 3.23. The van der Waals surface area contributed by atoms with E-state index in [0.29, 0.717) is 23.3 Å². The second-order valence-corrected chi connectivity index (χ2v) is 9.22. The van der Waals surface area contributed by atoms with Gasteiger partial charge in [-0.15, -0.1) is 0 Å². The third kappa shape index (κ3) is 4.65. The molecule has 3 aliphatic carbocycles. The van der Waals surface area contributed by atoms with E-state index >= 15 is 0 Å². The molecule has 0 bridgehead atoms. The maximum Gasteiger partial charge on any atom is 0.335 e. The van der Waals surface area contributed by atoms with Crippen molar-refractivity contribution in [1.29, 1.82) is 0 Å². The van der Waals surface area contributed by atoms with Gasteiger partial charge in [0.05, 0.1) is 17.8 Å². The lowest BCUT2D eigenvalue weighted by Gasteiger charge is -2.25. The van der Waals surface area contributed by atoms with Gasteiger partial charge in [0.25, 0.3) is 0 Å². The van der Waals surface area contributed by atoms with Crippen molar-refractivity contribution in [2.75, 3.05) is 0 Å². The van der Waals surface area contributed by atoms with Crippen molar-refractivity contribution in [2.45, 2.75) is 63.6 Å². The van der Waals surface area contributed by atoms with Gasteiger partial charge < -0.3 is 15.3 Å². The fourth-order valence-electron chi connectivity index (χ4n) is 5.76. The molecule has 156 valence electrons. The zero-order valence-electron chi connectivity index (χ0n) is 16.9. The minimum Gasteiger partial charge on any atom is -0.478 e. The SMILES string of the molecule is O=C(O)c1cccc(/C=C2/CC3C[C@@H](O)C(/C=C/[C@@H](O)C4CCCCC4)C3C2)c1. The van der Waals surface area contributed by atoms with Gasteiger partial charge >= 0.3 is 5.97 Å². The number of fused-ring (bicyclic) bond motifs is 1. The van der Waals surface area contributed by atoms with E-state index in [1.165, 1.54) is 24.8 Å². The lowest BCUT2D eigenvalue weighted by Crippen LogP contribution is -2.22. The van der Waals surface area contributed by atoms with Crippen LogP contribution in [0.25, 0.3) is 6.08 Å². The fraction of sp³-hybridized carbons (Fsp3) is 0.560. The van der Waals surface area contributed by atoms with Crippen LogP contribution in [-0.2, 0) is 0 Å². The zero-order chi connectivity index (χ0) is 20.4. The van der Waals surface area contributed by atoms with Crippen LogP contribution in [0.1, 0.15) is 67.3 Å². The second-order valence-electron chi connectivity index (χ2n) is 9.22. The first kappa shape index (κ1) is 20.4. The van der Waals surface area contributed by atoms with Crippen LogP contribution in [0.3, 0.4) is 0 Å². The van der Waals surface area contributed by atoms with Crippen LogP contribution in [0.2, 0.25) is 0 Å². The van der Waals surface area contributed by atoms with E-state index in [1.54, 1.807) is 18.2 Å². The van der Waals surface area contributed by atoms with E-state index in [2.05, 4.69) is 12.2 Å². The van der Waals surface area contributed by atoms with Crippen LogP contribution in [0.15, 0.2) is 42.0 Å². The molecule has 0 aliphatic heterocycles. The number of carbonyl (C=O) groups is 1. The van der Waals surface area contributed by atoms with Gasteiger partial charge in [-0.1, -0.05) is 55.2 Å². The van der Waals surface area contributed by atoms with Gasteiger partial charge in [0, 0.05) is 5.92 Å². The van der Waals surface area contributed by atoms with Gasteiger partial charge in [0.1, 0.15) is 0 Å². The Labute approximate surface area is 173 Å². The van der Waals surface area contributed by atoms with Crippen molar-refractivity contribution in [3.05, 3.63) is 53.1 Å². The van der Waals surface area contributed by atoms with Gasteiger partial charge in [-0.25, -0.2) is 4.79 Å². The molecule has 3 fully saturated rings. The summed E-state index contributed by atoms with van der Waals surface area (Å²) < 4.78 is 0. The van der Waals surface area contributed by atoms with Gasteiger partial charge in [-0.05, 0) is 67.6 Å². The Morgan fingerprint density at radius 2 is 1.93 bits per heavy atom. The standard InChI is InChI=1S/C25H32O4/c26-23(18-6-2-1-3-7-18)10-9-21-22-14-17(13-20(22)15-24(21)27)11-16-5-4-8-19(12-16)25(28)29/h4-5,8-12,18,20-24,26-27H,1-3,6-7,13-15H2,(H,28,29)/b10-9+,17-11-/t20?,21?,22?,23-,24-/m1/s1. The van der Waals surface area contributed by atoms with Gasteiger partial charge in [-0.2, -0.15) is 0 Å². The number of benzene rings is 1. The normalized spacial score (nSPS) is 32.7. The Bertz CT molecular complexity index is 790. The lowest BCUT2D eigenvalue weighted by atomic mass is 9.84. The van der Waals surface area contributed by atoms with E-state index in [9.17, 15) is 20.1 Å². The molecule has 3 saturated carbocycles. The number of rotatable bonds is 5. The first-order valence-corrected chi connectivity index (χ1v) is 11.1. The minimum atomic E-state index is -0.904. The summed E-state index contributed by atoms with van der Waals surface area (Å²) in [6.07, 6.45) is 14.1. The molecule has 4 rings (SSSR count). The average molecular weight is 397 g/mol. The quantitative estimate of drug-likeness (QED) is 0.632. The first-order chi connectivity index (χ1) is 14.0. The van der Waals surface area contributed by atoms with E-state index in [1.807, 2.05) is 12.1 Å². The van der Waals surface area contributed by atoms with Crippen LogP contribution in [0, 0.1) is 23.7 Å². The lowest BCUT2D eigenvalue weighted by molar-refractivity contribution is 0.0696. The van der Waals surface area contributed by atoms with Gasteiger partial charge in [0.15, 0.2) is 0 Å². The van der Waals surface area contributed by atoms with Crippen LogP contribution in [0.5, 0.6) is 0 Å². The van der Waals surface area contributed by atoms with Crippen LogP contribution >= 0.6 is 0 Å². The van der Waals surface area contributed by atoms with Gasteiger partial charge in [-0.3, -0.25) is 0 Å². The Morgan fingerprint density at radius 1 is 1.14 bits per heavy atom. The molecule has 3 N–H and O–H groups in total. The van der Waals surface area contributed by atoms with Crippen LogP contribution in [0.4, 0.5) is 0 Å². The number of carboxylic acids is 1. The molecule has 0 radical (unpaired) electrons. The Hall–Kier alpha value is -1.91. The van der Waals surface area contributed by atoms with Crippen LogP contribution in [-0.4, -0.2) is 33.5 Å². The smallest absolute Gasteiger partial charge is 0.335 e. The van der Waals surface area contributed by atoms with Crippen molar-refractivity contribution >= 4 is 12.0 Å². The molecule has 0 spiro atoms. The molecule has 1 aromatic carbocycles. The van der Waals surface area contributed by atoms with Crippen molar-refractivity contribution in [2.24, 2.45) is 23.7 Å². The van der Waals surface area contributed by atoms with Crippen molar-refractivity contribution in [3.8, 4) is 0 Å². The molecule has 0 amide bonds. The summed E-state index contributed by atoms with van der Waals surface area (Å²) in [5.41, 5.74) is 2.58. The third-order valence-corrected chi connectivity index (χ3v) is 7.28. The summed E-state index contributed by atoms with van der Waals surface area (Å²) in [6.45, 7) is 0. The monoisotopic (exact) mass is 396 g/mol. The van der Waals surface area contributed by atoms with E-state index < -0.39 is 12.1 Å². The molecule has 0 saturated heterocycles. The summed E-state index contributed by atoms with van der Waals surface area (Å²) in [5, 5.41) is 30.3. The molecule has 0 heterocycles. The topological polar surface area (TPSA) is 77.8 Å². The van der Waals surface area contributed by atoms with E-state index in [0.717, 1.165) is 37.7 Å². The summed E-state index contributed by atoms with van der Waals surface area (Å²) in [6, 6.07) is 7.06. The Morgan fingerprint density at radius 3 is 2.69 bits per heavy atom. The molecule has 3 unspecified atom stereocenters. The number of aromatic carboxylic acids is 1. The number of aliphatic hydroxyl groups is 2. The Balaban J connectivity index is 1.43. The molecule has 4 heteroatoms. The summed E-state index contributed by atoms with van der Waals surface area (Å²) in [5.74, 6) is 0.455. The molecular weight excluding hydrogens is 364 g/mol. The van der Waals surface area contributed by atoms with E-state index in [4.69, 9.17) is 0 Å². The van der Waals surface area contributed by atoms with Gasteiger partial charge in [0.2, 0.25) is 0 Å². The number of allylic oxidation sites excluding steroid dienone is 1.